The van der Waals surface area contributed by atoms with E-state index < -0.39 is 12.0 Å². The minimum Gasteiger partial charge on any atom is -0.508 e. The smallest absolute Gasteiger partial charge is 0.320 e. The van der Waals surface area contributed by atoms with Crippen molar-refractivity contribution in [1.29, 1.82) is 0 Å². The summed E-state index contributed by atoms with van der Waals surface area (Å²) in [6.07, 6.45) is 1.95. The number of aliphatic carboxylic acids is 1. The first kappa shape index (κ1) is 11.9. The molecule has 0 radical (unpaired) electrons. The van der Waals surface area contributed by atoms with Gasteiger partial charge in [0.05, 0.1) is 0 Å². The molecule has 1 atom stereocenters. The highest BCUT2D eigenvalue weighted by molar-refractivity contribution is 5.74. The fourth-order valence-electron chi connectivity index (χ4n) is 1.96. The lowest BCUT2D eigenvalue weighted by molar-refractivity contribution is -0.140. The van der Waals surface area contributed by atoms with E-state index in [1.165, 1.54) is 0 Å². The monoisotopic (exact) mass is 235 g/mol. The van der Waals surface area contributed by atoms with Crippen molar-refractivity contribution in [3.8, 4) is 5.75 Å². The van der Waals surface area contributed by atoms with Gasteiger partial charge >= 0.3 is 5.97 Å². The summed E-state index contributed by atoms with van der Waals surface area (Å²) in [5.41, 5.74) is 1.80. The molecule has 1 aromatic carbocycles. The number of nitrogens with one attached hydrogen (secondary N) is 1. The van der Waals surface area contributed by atoms with Crippen molar-refractivity contribution in [3.63, 3.8) is 0 Å². The molecule has 1 fully saturated rings. The highest BCUT2D eigenvalue weighted by atomic mass is 16.4. The number of phenolic OH excluding ortho intramolecular Hbond substituents is 1. The number of carboxylic acid groups (broad SMARTS) is 1. The van der Waals surface area contributed by atoms with Crippen LogP contribution in [0.1, 0.15) is 24.0 Å². The summed E-state index contributed by atoms with van der Waals surface area (Å²) in [7, 11) is 0. The second-order valence-corrected chi connectivity index (χ2v) is 4.67. The van der Waals surface area contributed by atoms with Crippen LogP contribution in [0.5, 0.6) is 5.75 Å². The molecular weight excluding hydrogens is 218 g/mol. The van der Waals surface area contributed by atoms with Gasteiger partial charge in [0.1, 0.15) is 11.8 Å². The molecule has 1 aliphatic rings. The molecule has 92 valence electrons. The van der Waals surface area contributed by atoms with Crippen molar-refractivity contribution in [1.82, 2.24) is 5.32 Å². The van der Waals surface area contributed by atoms with E-state index in [9.17, 15) is 9.90 Å². The molecule has 0 aliphatic heterocycles. The number of carbonyl (C=O) groups is 1. The Bertz CT molecular complexity index is 427. The lowest BCUT2D eigenvalue weighted by Crippen LogP contribution is -2.38. The zero-order chi connectivity index (χ0) is 12.4. The van der Waals surface area contributed by atoms with Gasteiger partial charge in [0.15, 0.2) is 0 Å². The van der Waals surface area contributed by atoms with E-state index in [0.29, 0.717) is 6.54 Å². The fraction of sp³-hybridized carbons (Fsp3) is 0.462. The zero-order valence-corrected chi connectivity index (χ0v) is 9.81. The van der Waals surface area contributed by atoms with Crippen molar-refractivity contribution in [2.75, 3.05) is 0 Å². The zero-order valence-electron chi connectivity index (χ0n) is 9.81. The Kier molecular flexibility index (Phi) is 3.33. The summed E-state index contributed by atoms with van der Waals surface area (Å²) in [5, 5.41) is 21.7. The molecule has 0 spiro atoms. The third kappa shape index (κ3) is 2.97. The van der Waals surface area contributed by atoms with E-state index in [4.69, 9.17) is 5.11 Å². The van der Waals surface area contributed by atoms with Crippen LogP contribution in [-0.2, 0) is 11.3 Å². The van der Waals surface area contributed by atoms with Crippen LogP contribution in [0.25, 0.3) is 0 Å². The second-order valence-electron chi connectivity index (χ2n) is 4.67. The average molecular weight is 235 g/mol. The van der Waals surface area contributed by atoms with E-state index in [2.05, 4.69) is 5.32 Å². The third-order valence-corrected chi connectivity index (χ3v) is 3.11. The molecule has 0 amide bonds. The minimum absolute atomic E-state index is 0.211. The first-order valence-corrected chi connectivity index (χ1v) is 5.82. The van der Waals surface area contributed by atoms with Gasteiger partial charge in [0.25, 0.3) is 0 Å². The molecule has 1 aliphatic carbocycles. The number of aromatic hydroxyl groups is 1. The Labute approximate surface area is 100 Å². The first-order chi connectivity index (χ1) is 8.08. The Hall–Kier alpha value is -1.55. The summed E-state index contributed by atoms with van der Waals surface area (Å²) in [4.78, 5) is 11.0. The van der Waals surface area contributed by atoms with E-state index in [1.807, 2.05) is 19.1 Å². The molecular formula is C13H17NO3. The van der Waals surface area contributed by atoms with Gasteiger partial charge in [-0.15, -0.1) is 0 Å². The highest BCUT2D eigenvalue weighted by Gasteiger charge is 2.35. The molecule has 0 aromatic heterocycles. The predicted octanol–water partition coefficient (Wildman–Crippen LogP) is 1.65. The minimum atomic E-state index is -0.806. The average Bonchev–Trinajstić information content (AvgIpc) is 3.07. The molecule has 4 heteroatoms. The van der Waals surface area contributed by atoms with Crippen LogP contribution in [0.15, 0.2) is 18.2 Å². The van der Waals surface area contributed by atoms with Gasteiger partial charge in [-0.25, -0.2) is 0 Å². The Morgan fingerprint density at radius 3 is 2.82 bits per heavy atom. The van der Waals surface area contributed by atoms with Crippen LogP contribution < -0.4 is 5.32 Å². The topological polar surface area (TPSA) is 69.6 Å². The molecule has 0 heterocycles. The Morgan fingerprint density at radius 2 is 2.24 bits per heavy atom. The van der Waals surface area contributed by atoms with Crippen LogP contribution >= 0.6 is 0 Å². The van der Waals surface area contributed by atoms with E-state index in [-0.39, 0.29) is 11.7 Å². The molecule has 2 rings (SSSR count). The van der Waals surface area contributed by atoms with Crippen LogP contribution in [-0.4, -0.2) is 22.2 Å². The van der Waals surface area contributed by atoms with Gasteiger partial charge in [0.2, 0.25) is 0 Å². The van der Waals surface area contributed by atoms with Crippen molar-refractivity contribution in [3.05, 3.63) is 29.3 Å². The lowest BCUT2D eigenvalue weighted by Gasteiger charge is -2.14. The Balaban J connectivity index is 2.00. The molecule has 1 aromatic rings. The number of benzene rings is 1. The maximum Gasteiger partial charge on any atom is 0.320 e. The lowest BCUT2D eigenvalue weighted by atomic mass is 10.1. The van der Waals surface area contributed by atoms with Gasteiger partial charge in [0, 0.05) is 12.1 Å². The maximum atomic E-state index is 11.0. The number of carboxylic acids is 1. The van der Waals surface area contributed by atoms with Crippen LogP contribution in [0.2, 0.25) is 0 Å². The van der Waals surface area contributed by atoms with Gasteiger partial charge in [-0.1, -0.05) is 17.7 Å². The second kappa shape index (κ2) is 4.75. The SMILES string of the molecule is Cc1ccc(O)c(CNC(C(=O)O)C2CC2)c1. The molecule has 0 saturated heterocycles. The molecule has 17 heavy (non-hydrogen) atoms. The molecule has 1 unspecified atom stereocenters. The van der Waals surface area contributed by atoms with Crippen LogP contribution in [0.4, 0.5) is 0 Å². The molecule has 1 saturated carbocycles. The van der Waals surface area contributed by atoms with E-state index in [1.54, 1.807) is 6.07 Å². The van der Waals surface area contributed by atoms with Crippen molar-refractivity contribution in [2.24, 2.45) is 5.92 Å². The normalized spacial score (nSPS) is 16.8. The molecule has 4 nitrogen and oxygen atoms in total. The van der Waals surface area contributed by atoms with Crippen molar-refractivity contribution < 1.29 is 15.0 Å². The summed E-state index contributed by atoms with van der Waals surface area (Å²) >= 11 is 0. The standard InChI is InChI=1S/C13H17NO3/c1-8-2-5-11(15)10(6-8)7-14-12(13(16)17)9-3-4-9/h2,5-6,9,12,14-15H,3-4,7H2,1H3,(H,16,17). The maximum absolute atomic E-state index is 11.0. The highest BCUT2D eigenvalue weighted by Crippen LogP contribution is 2.33. The number of rotatable bonds is 5. The third-order valence-electron chi connectivity index (χ3n) is 3.11. The fourth-order valence-corrected chi connectivity index (χ4v) is 1.96. The molecule has 0 bridgehead atoms. The Morgan fingerprint density at radius 1 is 1.53 bits per heavy atom. The van der Waals surface area contributed by atoms with Crippen molar-refractivity contribution >= 4 is 5.97 Å². The van der Waals surface area contributed by atoms with Gasteiger partial charge in [-0.3, -0.25) is 10.1 Å². The summed E-state index contributed by atoms with van der Waals surface area (Å²) < 4.78 is 0. The van der Waals surface area contributed by atoms with Crippen LogP contribution in [0, 0.1) is 12.8 Å². The van der Waals surface area contributed by atoms with E-state index >= 15 is 0 Å². The first-order valence-electron chi connectivity index (χ1n) is 5.82. The van der Waals surface area contributed by atoms with E-state index in [0.717, 1.165) is 24.0 Å². The quantitative estimate of drug-likeness (QED) is 0.726. The van der Waals surface area contributed by atoms with Gasteiger partial charge in [-0.2, -0.15) is 0 Å². The number of aryl methyl sites for hydroxylation is 1. The number of hydrogen-bond acceptors (Lipinski definition) is 3. The largest absolute Gasteiger partial charge is 0.508 e. The summed E-state index contributed by atoms with van der Waals surface area (Å²) in [6.45, 7) is 2.33. The van der Waals surface area contributed by atoms with Crippen LogP contribution in [0.3, 0.4) is 0 Å². The van der Waals surface area contributed by atoms with Crippen molar-refractivity contribution in [2.45, 2.75) is 32.4 Å². The summed E-state index contributed by atoms with van der Waals surface area (Å²) in [5.74, 6) is -0.345. The number of phenols is 1. The predicted molar refractivity (Wildman–Crippen MR) is 63.8 cm³/mol. The number of hydrogen-bond donors (Lipinski definition) is 3. The van der Waals surface area contributed by atoms with Gasteiger partial charge < -0.3 is 10.2 Å². The molecule has 3 N–H and O–H groups in total. The van der Waals surface area contributed by atoms with Gasteiger partial charge in [-0.05, 0) is 31.7 Å². The summed E-state index contributed by atoms with van der Waals surface area (Å²) in [6, 6.07) is 4.84.